The van der Waals surface area contributed by atoms with Gasteiger partial charge in [0, 0.05) is 11.8 Å². The number of halogens is 1. The molecule has 0 bridgehead atoms. The molecule has 0 saturated carbocycles. The molecule has 1 atom stereocenters. The van der Waals surface area contributed by atoms with Crippen LogP contribution in [-0.4, -0.2) is 46.0 Å². The summed E-state index contributed by atoms with van der Waals surface area (Å²) >= 11 is 0. The Hall–Kier alpha value is -3.82. The quantitative estimate of drug-likeness (QED) is 0.555. The van der Waals surface area contributed by atoms with Crippen LogP contribution >= 0.6 is 0 Å². The fourth-order valence-electron chi connectivity index (χ4n) is 2.68. The zero-order valence-electron chi connectivity index (χ0n) is 16.1. The van der Waals surface area contributed by atoms with Crippen molar-refractivity contribution in [2.45, 2.75) is 25.9 Å². The number of carboxylic acids is 1. The minimum atomic E-state index is -1.54. The smallest absolute Gasteiger partial charge is 0.305 e. The Kier molecular flexibility index (Phi) is 7.56. The number of anilines is 1. The molecular weight excluding hydrogens is 397 g/mol. The van der Waals surface area contributed by atoms with E-state index in [4.69, 9.17) is 5.11 Å². The van der Waals surface area contributed by atoms with Crippen LogP contribution in [0.25, 0.3) is 0 Å². The van der Waals surface area contributed by atoms with Gasteiger partial charge in [-0.05, 0) is 30.7 Å². The molecule has 0 saturated heterocycles. The number of benzene rings is 1. The van der Waals surface area contributed by atoms with E-state index in [0.29, 0.717) is 11.1 Å². The van der Waals surface area contributed by atoms with Gasteiger partial charge in [-0.1, -0.05) is 18.2 Å². The molecule has 0 aliphatic heterocycles. The summed E-state index contributed by atoms with van der Waals surface area (Å²) in [5, 5.41) is 13.4. The van der Waals surface area contributed by atoms with Crippen molar-refractivity contribution in [2.24, 2.45) is 0 Å². The maximum atomic E-state index is 12.6. The van der Waals surface area contributed by atoms with Gasteiger partial charge in [-0.2, -0.15) is 0 Å². The molecule has 3 N–H and O–H groups in total. The summed E-state index contributed by atoms with van der Waals surface area (Å²) in [6.45, 7) is -0.339. The molecule has 2 amide bonds. The number of nitrogens with zero attached hydrogens (tertiary/aromatic N) is 1. The lowest BCUT2D eigenvalue weighted by molar-refractivity contribution is -0.140. The number of pyridine rings is 1. The number of ketones is 1. The van der Waals surface area contributed by atoms with Crippen LogP contribution in [0, 0.1) is 6.92 Å². The van der Waals surface area contributed by atoms with E-state index in [0.717, 1.165) is 4.57 Å². The zero-order chi connectivity index (χ0) is 22.3. The van der Waals surface area contributed by atoms with E-state index in [1.54, 1.807) is 37.3 Å². The monoisotopic (exact) mass is 417 g/mol. The molecule has 30 heavy (non-hydrogen) atoms. The van der Waals surface area contributed by atoms with Crippen LogP contribution in [0.3, 0.4) is 0 Å². The second-order valence-electron chi connectivity index (χ2n) is 6.50. The fourth-order valence-corrected chi connectivity index (χ4v) is 2.68. The van der Waals surface area contributed by atoms with Gasteiger partial charge in [-0.25, -0.2) is 4.39 Å². The summed E-state index contributed by atoms with van der Waals surface area (Å²) in [5.74, 6) is -3.83. The lowest BCUT2D eigenvalue weighted by atomic mass is 10.1. The third kappa shape index (κ3) is 6.09. The number of carboxylic acid groups (broad SMARTS) is 1. The number of aliphatic carboxylic acids is 1. The Bertz CT molecular complexity index is 1020. The van der Waals surface area contributed by atoms with Crippen molar-refractivity contribution in [3.63, 3.8) is 0 Å². The molecule has 1 unspecified atom stereocenters. The summed E-state index contributed by atoms with van der Waals surface area (Å²) in [6, 6.07) is 8.11. The second-order valence-corrected chi connectivity index (χ2v) is 6.50. The van der Waals surface area contributed by atoms with Gasteiger partial charge in [-0.3, -0.25) is 24.0 Å². The highest BCUT2D eigenvalue weighted by Crippen LogP contribution is 2.08. The number of hydrogen-bond acceptors (Lipinski definition) is 5. The van der Waals surface area contributed by atoms with Gasteiger partial charge >= 0.3 is 5.97 Å². The Balaban J connectivity index is 2.19. The Morgan fingerprint density at radius 1 is 1.17 bits per heavy atom. The van der Waals surface area contributed by atoms with Crippen LogP contribution in [-0.2, 0) is 20.9 Å². The average Bonchev–Trinajstić information content (AvgIpc) is 2.70. The van der Waals surface area contributed by atoms with Crippen LogP contribution in [0.4, 0.5) is 10.1 Å². The first-order valence-corrected chi connectivity index (χ1v) is 8.88. The maximum absolute atomic E-state index is 12.6. The van der Waals surface area contributed by atoms with Gasteiger partial charge in [0.1, 0.15) is 24.9 Å². The van der Waals surface area contributed by atoms with Gasteiger partial charge in [-0.15, -0.1) is 0 Å². The molecule has 0 fully saturated rings. The average molecular weight is 417 g/mol. The maximum Gasteiger partial charge on any atom is 0.305 e. The molecule has 0 aliphatic rings. The first-order chi connectivity index (χ1) is 14.2. The number of aryl methyl sites for hydroxylation is 1. The fraction of sp³-hybridized carbons (Fsp3) is 0.250. The molecule has 1 aromatic carbocycles. The highest BCUT2D eigenvalue weighted by atomic mass is 19.1. The van der Waals surface area contributed by atoms with Crippen LogP contribution in [0.5, 0.6) is 0 Å². The number of aromatic nitrogens is 1. The SMILES string of the molecule is Cc1cc(NC(=O)c2ccccc2)c(=O)n(CC(=O)NC(CC(=O)O)C(=O)CF)c1. The summed E-state index contributed by atoms with van der Waals surface area (Å²) in [7, 11) is 0. The van der Waals surface area contributed by atoms with E-state index in [2.05, 4.69) is 10.6 Å². The number of rotatable bonds is 9. The van der Waals surface area contributed by atoms with Gasteiger partial charge in [0.05, 0.1) is 6.42 Å². The molecule has 0 radical (unpaired) electrons. The summed E-state index contributed by atoms with van der Waals surface area (Å²) in [5.41, 5.74) is 0.168. The molecule has 1 aromatic heterocycles. The van der Waals surface area contributed by atoms with Crippen LogP contribution in [0.1, 0.15) is 22.3 Å². The largest absolute Gasteiger partial charge is 0.481 e. The van der Waals surface area contributed by atoms with Gasteiger partial charge in [0.25, 0.3) is 11.5 Å². The highest BCUT2D eigenvalue weighted by Gasteiger charge is 2.24. The normalized spacial score (nSPS) is 11.4. The van der Waals surface area contributed by atoms with Crippen molar-refractivity contribution in [2.75, 3.05) is 12.0 Å². The summed E-state index contributed by atoms with van der Waals surface area (Å²) in [6.07, 6.45) is 0.582. The first kappa shape index (κ1) is 22.5. The standard InChI is InChI=1S/C20H20FN3O6/c1-12-7-15(23-19(29)13-5-3-2-4-6-13)20(30)24(10-12)11-17(26)22-14(8-18(27)28)16(25)9-21/h2-7,10,14H,8-9,11H2,1H3,(H,22,26)(H,23,29)(H,27,28). The molecule has 2 aromatic rings. The van der Waals surface area contributed by atoms with E-state index in [-0.39, 0.29) is 5.69 Å². The third-order valence-electron chi connectivity index (χ3n) is 4.06. The Morgan fingerprint density at radius 2 is 1.83 bits per heavy atom. The van der Waals surface area contributed by atoms with E-state index in [9.17, 15) is 28.4 Å². The molecule has 9 nitrogen and oxygen atoms in total. The zero-order valence-corrected chi connectivity index (χ0v) is 16.1. The Labute approximate surface area is 170 Å². The number of hydrogen-bond donors (Lipinski definition) is 3. The molecule has 0 aliphatic carbocycles. The van der Waals surface area contributed by atoms with Crippen molar-refractivity contribution < 1.29 is 28.7 Å². The highest BCUT2D eigenvalue weighted by molar-refractivity contribution is 6.04. The van der Waals surface area contributed by atoms with Crippen molar-refractivity contribution >= 4 is 29.3 Å². The van der Waals surface area contributed by atoms with Crippen molar-refractivity contribution in [1.29, 1.82) is 0 Å². The molecule has 158 valence electrons. The topological polar surface area (TPSA) is 135 Å². The minimum absolute atomic E-state index is 0.0569. The third-order valence-corrected chi connectivity index (χ3v) is 4.06. The number of Topliss-reactive ketones (excluding diaryl/α,β-unsaturated/α-hetero) is 1. The van der Waals surface area contributed by atoms with Crippen LogP contribution in [0.2, 0.25) is 0 Å². The van der Waals surface area contributed by atoms with E-state index >= 15 is 0 Å². The molecule has 2 rings (SSSR count). The van der Waals surface area contributed by atoms with Crippen molar-refractivity contribution in [1.82, 2.24) is 9.88 Å². The first-order valence-electron chi connectivity index (χ1n) is 8.88. The van der Waals surface area contributed by atoms with Crippen molar-refractivity contribution in [3.8, 4) is 0 Å². The second kappa shape index (κ2) is 10.1. The lowest BCUT2D eigenvalue weighted by Gasteiger charge is -2.16. The summed E-state index contributed by atoms with van der Waals surface area (Å²) < 4.78 is 13.6. The molecular formula is C20H20FN3O6. The lowest BCUT2D eigenvalue weighted by Crippen LogP contribution is -2.45. The van der Waals surface area contributed by atoms with Gasteiger partial charge in [0.2, 0.25) is 5.91 Å². The predicted molar refractivity (Wildman–Crippen MR) is 105 cm³/mol. The number of carbonyl (C=O) groups is 4. The molecule has 0 spiro atoms. The van der Waals surface area contributed by atoms with Crippen molar-refractivity contribution in [3.05, 3.63) is 64.1 Å². The van der Waals surface area contributed by atoms with Crippen LogP contribution in [0.15, 0.2) is 47.4 Å². The Morgan fingerprint density at radius 3 is 2.43 bits per heavy atom. The van der Waals surface area contributed by atoms with E-state index in [1.807, 2.05) is 0 Å². The number of alkyl halides is 1. The minimum Gasteiger partial charge on any atom is -0.481 e. The van der Waals surface area contributed by atoms with E-state index in [1.165, 1.54) is 12.3 Å². The number of nitrogens with one attached hydrogen (secondary N) is 2. The van der Waals surface area contributed by atoms with E-state index < -0.39 is 54.8 Å². The molecule has 10 heteroatoms. The van der Waals surface area contributed by atoms with Crippen LogP contribution < -0.4 is 16.2 Å². The number of carbonyl (C=O) groups excluding carboxylic acids is 3. The molecule has 1 heterocycles. The van der Waals surface area contributed by atoms with Gasteiger partial charge < -0.3 is 20.3 Å². The predicted octanol–water partition coefficient (Wildman–Crippen LogP) is 0.907. The number of amides is 2. The van der Waals surface area contributed by atoms with Gasteiger partial charge in [0.15, 0.2) is 5.78 Å². The summed E-state index contributed by atoms with van der Waals surface area (Å²) in [4.78, 5) is 59.5.